The van der Waals surface area contributed by atoms with Crippen molar-refractivity contribution in [3.05, 3.63) is 24.2 Å². The van der Waals surface area contributed by atoms with Gasteiger partial charge in [0.05, 0.1) is 19.4 Å². The first-order valence-corrected chi connectivity index (χ1v) is 6.82. The van der Waals surface area contributed by atoms with Gasteiger partial charge in [0.25, 0.3) is 0 Å². The molecular formula is C14H23N3O2. The van der Waals surface area contributed by atoms with E-state index in [2.05, 4.69) is 11.8 Å². The first-order valence-electron chi connectivity index (χ1n) is 6.82. The van der Waals surface area contributed by atoms with Gasteiger partial charge in [0.2, 0.25) is 5.91 Å². The molecule has 0 bridgehead atoms. The van der Waals surface area contributed by atoms with Gasteiger partial charge in [0.15, 0.2) is 0 Å². The fraction of sp³-hybridized carbons (Fsp3) is 0.643. The van der Waals surface area contributed by atoms with Crippen LogP contribution >= 0.6 is 0 Å². The van der Waals surface area contributed by atoms with E-state index in [1.54, 1.807) is 11.2 Å². The molecule has 2 rings (SSSR count). The van der Waals surface area contributed by atoms with E-state index in [1.807, 2.05) is 19.2 Å². The summed E-state index contributed by atoms with van der Waals surface area (Å²) in [6.45, 7) is 4.03. The van der Waals surface area contributed by atoms with E-state index >= 15 is 0 Å². The van der Waals surface area contributed by atoms with Gasteiger partial charge in [-0.3, -0.25) is 9.69 Å². The molecule has 2 atom stereocenters. The fourth-order valence-corrected chi connectivity index (χ4v) is 2.51. The third kappa shape index (κ3) is 3.81. The summed E-state index contributed by atoms with van der Waals surface area (Å²) in [6.07, 6.45) is 3.57. The number of carbonyl (C=O) groups excluding carboxylic acids is 1. The molecule has 1 saturated heterocycles. The van der Waals surface area contributed by atoms with Gasteiger partial charge in [-0.05, 0) is 31.9 Å². The number of likely N-dealkylation sites (N-methyl/N-ethyl adjacent to an activating group) is 1. The molecule has 0 saturated carbocycles. The van der Waals surface area contributed by atoms with Gasteiger partial charge in [0.1, 0.15) is 5.76 Å². The first kappa shape index (κ1) is 14.1. The molecule has 106 valence electrons. The Labute approximate surface area is 114 Å². The standard InChI is InChI=1S/C14H23N3O2/c1-11-8-12(15)5-6-17(11)10-14(18)16(2)9-13-4-3-7-19-13/h3-4,7,11-12H,5-6,8-10,15H2,1-2H3. The number of rotatable bonds is 4. The van der Waals surface area contributed by atoms with Crippen molar-refractivity contribution < 1.29 is 9.21 Å². The third-order valence-electron chi connectivity index (χ3n) is 3.79. The molecule has 1 aliphatic heterocycles. The Bertz CT molecular complexity index is 405. The Morgan fingerprint density at radius 3 is 3.05 bits per heavy atom. The molecule has 2 unspecified atom stereocenters. The molecule has 2 heterocycles. The maximum absolute atomic E-state index is 12.2. The van der Waals surface area contributed by atoms with Crippen LogP contribution in [0.3, 0.4) is 0 Å². The van der Waals surface area contributed by atoms with Gasteiger partial charge in [-0.25, -0.2) is 0 Å². The van der Waals surface area contributed by atoms with E-state index in [-0.39, 0.29) is 11.9 Å². The van der Waals surface area contributed by atoms with Crippen LogP contribution in [0.2, 0.25) is 0 Å². The van der Waals surface area contributed by atoms with E-state index in [0.717, 1.165) is 25.1 Å². The topological polar surface area (TPSA) is 62.7 Å². The zero-order valence-electron chi connectivity index (χ0n) is 11.7. The van der Waals surface area contributed by atoms with Crippen molar-refractivity contribution in [3.63, 3.8) is 0 Å². The number of hydrogen-bond acceptors (Lipinski definition) is 4. The SMILES string of the molecule is CC1CC(N)CCN1CC(=O)N(C)Cc1ccco1. The molecule has 5 heteroatoms. The maximum Gasteiger partial charge on any atom is 0.236 e. The highest BCUT2D eigenvalue weighted by Crippen LogP contribution is 2.16. The van der Waals surface area contributed by atoms with Crippen LogP contribution in [0.15, 0.2) is 22.8 Å². The quantitative estimate of drug-likeness (QED) is 0.884. The number of hydrogen-bond donors (Lipinski definition) is 1. The number of nitrogens with two attached hydrogens (primary N) is 1. The molecule has 1 aromatic rings. The van der Waals surface area contributed by atoms with Crippen molar-refractivity contribution in [1.29, 1.82) is 0 Å². The summed E-state index contributed by atoms with van der Waals surface area (Å²) < 4.78 is 5.26. The van der Waals surface area contributed by atoms with Crippen molar-refractivity contribution in [2.24, 2.45) is 5.73 Å². The largest absolute Gasteiger partial charge is 0.467 e. The lowest BCUT2D eigenvalue weighted by molar-refractivity contribution is -0.132. The normalized spacial score (nSPS) is 24.4. The Kier molecular flexibility index (Phi) is 4.61. The van der Waals surface area contributed by atoms with Crippen LogP contribution < -0.4 is 5.73 Å². The molecule has 5 nitrogen and oxygen atoms in total. The van der Waals surface area contributed by atoms with E-state index in [9.17, 15) is 4.79 Å². The molecule has 19 heavy (non-hydrogen) atoms. The predicted octanol–water partition coefficient (Wildman–Crippen LogP) is 1.05. The third-order valence-corrected chi connectivity index (χ3v) is 3.79. The van der Waals surface area contributed by atoms with Gasteiger partial charge in [-0.1, -0.05) is 0 Å². The van der Waals surface area contributed by atoms with Crippen molar-refractivity contribution in [3.8, 4) is 0 Å². The molecule has 0 spiro atoms. The van der Waals surface area contributed by atoms with Crippen LogP contribution in [0.1, 0.15) is 25.5 Å². The number of piperidine rings is 1. The maximum atomic E-state index is 12.2. The molecule has 2 N–H and O–H groups in total. The number of nitrogens with zero attached hydrogens (tertiary/aromatic N) is 2. The van der Waals surface area contributed by atoms with Gasteiger partial charge in [-0.15, -0.1) is 0 Å². The van der Waals surface area contributed by atoms with Crippen molar-refractivity contribution in [2.45, 2.75) is 38.4 Å². The molecule has 1 fully saturated rings. The van der Waals surface area contributed by atoms with Crippen molar-refractivity contribution >= 4 is 5.91 Å². The Morgan fingerprint density at radius 2 is 2.42 bits per heavy atom. The lowest BCUT2D eigenvalue weighted by Crippen LogP contribution is -2.49. The number of carbonyl (C=O) groups is 1. The van der Waals surface area contributed by atoms with E-state index in [4.69, 9.17) is 10.2 Å². The molecule has 0 aromatic carbocycles. The van der Waals surface area contributed by atoms with Crippen LogP contribution in [-0.2, 0) is 11.3 Å². The highest BCUT2D eigenvalue weighted by atomic mass is 16.3. The van der Waals surface area contributed by atoms with E-state index < -0.39 is 0 Å². The van der Waals surface area contributed by atoms with Crippen LogP contribution in [0.5, 0.6) is 0 Å². The van der Waals surface area contributed by atoms with Crippen LogP contribution in [0, 0.1) is 0 Å². The predicted molar refractivity (Wildman–Crippen MR) is 73.4 cm³/mol. The zero-order valence-corrected chi connectivity index (χ0v) is 11.7. The van der Waals surface area contributed by atoms with Crippen molar-refractivity contribution in [1.82, 2.24) is 9.80 Å². The molecular weight excluding hydrogens is 242 g/mol. The average molecular weight is 265 g/mol. The summed E-state index contributed by atoms with van der Waals surface area (Å²) in [5.41, 5.74) is 5.93. The number of amides is 1. The molecule has 1 aromatic heterocycles. The van der Waals surface area contributed by atoms with Gasteiger partial charge in [0, 0.05) is 25.7 Å². The Morgan fingerprint density at radius 1 is 1.63 bits per heavy atom. The first-order chi connectivity index (χ1) is 9.06. The summed E-state index contributed by atoms with van der Waals surface area (Å²) in [5.74, 6) is 0.934. The van der Waals surface area contributed by atoms with E-state index in [0.29, 0.717) is 19.1 Å². The van der Waals surface area contributed by atoms with Crippen LogP contribution in [0.25, 0.3) is 0 Å². The molecule has 1 amide bonds. The smallest absolute Gasteiger partial charge is 0.236 e. The summed E-state index contributed by atoms with van der Waals surface area (Å²) in [5, 5.41) is 0. The van der Waals surface area contributed by atoms with Gasteiger partial charge < -0.3 is 15.1 Å². The summed E-state index contributed by atoms with van der Waals surface area (Å²) >= 11 is 0. The average Bonchev–Trinajstić information content (AvgIpc) is 2.85. The van der Waals surface area contributed by atoms with E-state index in [1.165, 1.54) is 0 Å². The number of furan rings is 1. The van der Waals surface area contributed by atoms with Gasteiger partial charge >= 0.3 is 0 Å². The fourth-order valence-electron chi connectivity index (χ4n) is 2.51. The van der Waals surface area contributed by atoms with Crippen LogP contribution in [0.4, 0.5) is 0 Å². The second-order valence-electron chi connectivity index (χ2n) is 5.43. The van der Waals surface area contributed by atoms with Gasteiger partial charge in [-0.2, -0.15) is 0 Å². The minimum Gasteiger partial charge on any atom is -0.467 e. The molecule has 0 radical (unpaired) electrons. The molecule has 1 aliphatic rings. The van der Waals surface area contributed by atoms with Crippen molar-refractivity contribution in [2.75, 3.05) is 20.1 Å². The molecule has 0 aliphatic carbocycles. The Balaban J connectivity index is 1.83. The minimum atomic E-state index is 0.124. The summed E-state index contributed by atoms with van der Waals surface area (Å²) in [6, 6.07) is 4.38. The summed E-state index contributed by atoms with van der Waals surface area (Å²) in [7, 11) is 1.81. The monoisotopic (exact) mass is 265 g/mol. The highest BCUT2D eigenvalue weighted by Gasteiger charge is 2.25. The lowest BCUT2D eigenvalue weighted by Gasteiger charge is -2.36. The lowest BCUT2D eigenvalue weighted by atomic mass is 9.99. The van der Waals surface area contributed by atoms with Crippen LogP contribution in [-0.4, -0.2) is 47.9 Å². The summed E-state index contributed by atoms with van der Waals surface area (Å²) in [4.78, 5) is 16.1. The second kappa shape index (κ2) is 6.21. The highest BCUT2D eigenvalue weighted by molar-refractivity contribution is 5.78. The zero-order chi connectivity index (χ0) is 13.8. The minimum absolute atomic E-state index is 0.124. The number of likely N-dealkylation sites (tertiary alicyclic amines) is 1. The Hall–Kier alpha value is -1.33. The second-order valence-corrected chi connectivity index (χ2v) is 5.43.